The van der Waals surface area contributed by atoms with E-state index in [9.17, 15) is 32.9 Å². The smallest absolute Gasteiger partial charge is 0.449 e. The van der Waals surface area contributed by atoms with Gasteiger partial charge in [0, 0.05) is 22.7 Å². The molecular formula is C26H17ClF3NO7. The van der Waals surface area contributed by atoms with Gasteiger partial charge in [0.1, 0.15) is 17.1 Å². The highest BCUT2D eigenvalue weighted by atomic mass is 35.5. The summed E-state index contributed by atoms with van der Waals surface area (Å²) < 4.78 is 57.2. The molecule has 0 saturated heterocycles. The van der Waals surface area contributed by atoms with E-state index in [0.717, 1.165) is 18.2 Å². The summed E-state index contributed by atoms with van der Waals surface area (Å²) in [4.78, 5) is 35.9. The number of rotatable bonds is 5. The summed E-state index contributed by atoms with van der Waals surface area (Å²) in [5, 5.41) is 11.1. The predicted octanol–water partition coefficient (Wildman–Crippen LogP) is 7.31. The number of aryl methyl sites for hydroxylation is 3. The van der Waals surface area contributed by atoms with Crippen molar-refractivity contribution < 1.29 is 36.8 Å². The number of fused-ring (bicyclic) bond motifs is 1. The topological polar surface area (TPSA) is 109 Å². The van der Waals surface area contributed by atoms with Gasteiger partial charge >= 0.3 is 12.1 Å². The quantitative estimate of drug-likeness (QED) is 0.111. The van der Waals surface area contributed by atoms with E-state index >= 15 is 0 Å². The van der Waals surface area contributed by atoms with Crippen molar-refractivity contribution in [2.45, 2.75) is 26.9 Å². The Morgan fingerprint density at radius 3 is 2.21 bits per heavy atom. The van der Waals surface area contributed by atoms with Crippen molar-refractivity contribution >= 4 is 34.2 Å². The van der Waals surface area contributed by atoms with Crippen LogP contribution in [0.25, 0.3) is 11.0 Å². The van der Waals surface area contributed by atoms with E-state index in [0.29, 0.717) is 16.1 Å². The highest BCUT2D eigenvalue weighted by Crippen LogP contribution is 2.39. The molecule has 4 aromatic rings. The third kappa shape index (κ3) is 5.18. The van der Waals surface area contributed by atoms with E-state index in [4.69, 9.17) is 25.5 Å². The largest absolute Gasteiger partial charge is 0.453 e. The number of nitro groups is 1. The number of ether oxygens (including phenoxy) is 2. The fourth-order valence-corrected chi connectivity index (χ4v) is 3.84. The average molecular weight is 548 g/mol. The Hall–Kier alpha value is -4.38. The molecule has 8 nitrogen and oxygen atoms in total. The number of hydrogen-bond donors (Lipinski definition) is 0. The van der Waals surface area contributed by atoms with Crippen molar-refractivity contribution in [3.63, 3.8) is 0 Å². The van der Waals surface area contributed by atoms with Gasteiger partial charge in [0.05, 0.1) is 15.9 Å². The number of halogens is 4. The van der Waals surface area contributed by atoms with E-state index in [2.05, 4.69) is 0 Å². The number of alkyl halides is 3. The van der Waals surface area contributed by atoms with Crippen LogP contribution in [0, 0.1) is 30.9 Å². The van der Waals surface area contributed by atoms with Crippen molar-refractivity contribution in [3.05, 3.63) is 102 Å². The van der Waals surface area contributed by atoms with Crippen molar-refractivity contribution in [1.29, 1.82) is 0 Å². The van der Waals surface area contributed by atoms with Crippen LogP contribution in [0.4, 0.5) is 18.9 Å². The summed E-state index contributed by atoms with van der Waals surface area (Å²) in [6.07, 6.45) is -5.10. The number of nitrogens with zero attached hydrogens (tertiary/aromatic N) is 1. The standard InChI is InChI=1S/C26H17ClF3NO7/c1-12-8-15(4-7-19(12)31(34)35)25(33)37-16-5-6-18-20(11-16)38-24(26(28,29)30)23(22(18)32)36-17-9-13(2)21(27)14(3)10-17/h4-11H,1-3H3. The average Bonchev–Trinajstić information content (AvgIpc) is 2.83. The van der Waals surface area contributed by atoms with Gasteiger partial charge in [0.2, 0.25) is 11.2 Å². The van der Waals surface area contributed by atoms with Gasteiger partial charge in [-0.05, 0) is 68.3 Å². The van der Waals surface area contributed by atoms with Gasteiger partial charge in [-0.2, -0.15) is 13.2 Å². The Balaban J connectivity index is 1.73. The van der Waals surface area contributed by atoms with E-state index < -0.39 is 39.6 Å². The molecule has 0 aliphatic carbocycles. The third-order valence-electron chi connectivity index (χ3n) is 5.55. The van der Waals surface area contributed by atoms with Gasteiger partial charge in [0.25, 0.3) is 11.4 Å². The second-order valence-corrected chi connectivity index (χ2v) is 8.74. The normalized spacial score (nSPS) is 11.4. The number of benzene rings is 3. The second-order valence-electron chi connectivity index (χ2n) is 8.37. The molecule has 0 spiro atoms. The summed E-state index contributed by atoms with van der Waals surface area (Å²) in [5.74, 6) is -3.90. The maximum absolute atomic E-state index is 13.9. The van der Waals surface area contributed by atoms with Gasteiger partial charge in [0.15, 0.2) is 0 Å². The Morgan fingerprint density at radius 2 is 1.63 bits per heavy atom. The van der Waals surface area contributed by atoms with Crippen LogP contribution in [0.3, 0.4) is 0 Å². The van der Waals surface area contributed by atoms with Crippen LogP contribution < -0.4 is 14.9 Å². The maximum Gasteiger partial charge on any atom is 0.453 e. The molecule has 0 N–H and O–H groups in total. The van der Waals surface area contributed by atoms with E-state index in [1.54, 1.807) is 13.8 Å². The molecule has 1 aromatic heterocycles. The minimum atomic E-state index is -5.10. The molecule has 4 rings (SSSR count). The van der Waals surface area contributed by atoms with Crippen molar-refractivity contribution in [3.8, 4) is 17.2 Å². The van der Waals surface area contributed by atoms with E-state index in [-0.39, 0.29) is 33.7 Å². The third-order valence-corrected chi connectivity index (χ3v) is 6.15. The van der Waals surface area contributed by atoms with Gasteiger partial charge < -0.3 is 13.9 Å². The van der Waals surface area contributed by atoms with Crippen LogP contribution >= 0.6 is 11.6 Å². The summed E-state index contributed by atoms with van der Waals surface area (Å²) in [6.45, 7) is 4.71. The molecule has 0 atom stereocenters. The Labute approximate surface area is 217 Å². The lowest BCUT2D eigenvalue weighted by atomic mass is 10.1. The molecule has 3 aromatic carbocycles. The van der Waals surface area contributed by atoms with Crippen LogP contribution in [-0.4, -0.2) is 10.9 Å². The zero-order valence-electron chi connectivity index (χ0n) is 19.9. The molecule has 0 fully saturated rings. The van der Waals surface area contributed by atoms with E-state index in [1.165, 1.54) is 37.3 Å². The van der Waals surface area contributed by atoms with Crippen molar-refractivity contribution in [2.24, 2.45) is 0 Å². The predicted molar refractivity (Wildman–Crippen MR) is 131 cm³/mol. The molecule has 12 heteroatoms. The number of carbonyl (C=O) groups excluding carboxylic acids is 1. The summed E-state index contributed by atoms with van der Waals surface area (Å²) in [7, 11) is 0. The van der Waals surface area contributed by atoms with Crippen LogP contribution in [-0.2, 0) is 6.18 Å². The first-order valence-electron chi connectivity index (χ1n) is 10.9. The van der Waals surface area contributed by atoms with Gasteiger partial charge in [-0.25, -0.2) is 4.79 Å². The van der Waals surface area contributed by atoms with Crippen LogP contribution in [0.5, 0.6) is 17.2 Å². The first-order valence-corrected chi connectivity index (χ1v) is 11.2. The lowest BCUT2D eigenvalue weighted by Crippen LogP contribution is -2.16. The molecule has 0 saturated carbocycles. The lowest BCUT2D eigenvalue weighted by molar-refractivity contribution is -0.385. The number of carbonyl (C=O) groups is 1. The van der Waals surface area contributed by atoms with Gasteiger partial charge in [-0.15, -0.1) is 0 Å². The molecule has 196 valence electrons. The zero-order chi connectivity index (χ0) is 27.9. The molecule has 0 amide bonds. The zero-order valence-corrected chi connectivity index (χ0v) is 20.7. The SMILES string of the molecule is Cc1cc(C(=O)Oc2ccc3c(=O)c(Oc4cc(C)c(Cl)c(C)c4)c(C(F)(F)F)oc3c2)ccc1[N+](=O)[O-]. The molecule has 38 heavy (non-hydrogen) atoms. The lowest BCUT2D eigenvalue weighted by Gasteiger charge is -2.15. The molecule has 0 unspecified atom stereocenters. The highest BCUT2D eigenvalue weighted by molar-refractivity contribution is 6.32. The van der Waals surface area contributed by atoms with Gasteiger partial charge in [-0.1, -0.05) is 11.6 Å². The number of nitro benzene ring substituents is 1. The Kier molecular flexibility index (Phi) is 6.90. The maximum atomic E-state index is 13.9. The Bertz CT molecular complexity index is 1660. The molecular weight excluding hydrogens is 531 g/mol. The Morgan fingerprint density at radius 1 is 0.974 bits per heavy atom. The monoisotopic (exact) mass is 547 g/mol. The highest BCUT2D eigenvalue weighted by Gasteiger charge is 2.40. The fourth-order valence-electron chi connectivity index (χ4n) is 3.74. The minimum Gasteiger partial charge on any atom is -0.449 e. The second kappa shape index (κ2) is 9.82. The molecule has 0 bridgehead atoms. The van der Waals surface area contributed by atoms with Crippen LogP contribution in [0.15, 0.2) is 57.7 Å². The molecule has 0 aliphatic heterocycles. The van der Waals surface area contributed by atoms with Crippen LogP contribution in [0.2, 0.25) is 5.02 Å². The summed E-state index contributed by atoms with van der Waals surface area (Å²) in [6, 6.07) is 9.63. The molecule has 1 heterocycles. The van der Waals surface area contributed by atoms with Crippen molar-refractivity contribution in [1.82, 2.24) is 0 Å². The first-order chi connectivity index (χ1) is 17.8. The van der Waals surface area contributed by atoms with Crippen molar-refractivity contribution in [2.75, 3.05) is 0 Å². The molecule has 0 radical (unpaired) electrons. The fraction of sp³-hybridized carbons (Fsp3) is 0.154. The minimum absolute atomic E-state index is 0.0251. The number of hydrogen-bond acceptors (Lipinski definition) is 7. The first kappa shape index (κ1) is 26.7. The van der Waals surface area contributed by atoms with E-state index in [1.807, 2.05) is 0 Å². The van der Waals surface area contributed by atoms with Gasteiger partial charge in [-0.3, -0.25) is 14.9 Å². The van der Waals surface area contributed by atoms with Crippen LogP contribution in [0.1, 0.15) is 32.8 Å². The number of esters is 1. The summed E-state index contributed by atoms with van der Waals surface area (Å²) >= 11 is 6.10. The molecule has 0 aliphatic rings. The summed E-state index contributed by atoms with van der Waals surface area (Å²) in [5.41, 5.74) is -0.526.